The van der Waals surface area contributed by atoms with Gasteiger partial charge in [0.25, 0.3) is 0 Å². The van der Waals surface area contributed by atoms with Crippen LogP contribution in [0.5, 0.6) is 0 Å². The van der Waals surface area contributed by atoms with Crippen molar-refractivity contribution in [3.8, 4) is 0 Å². The van der Waals surface area contributed by atoms with Crippen LogP contribution in [0.15, 0.2) is 0 Å². The Hall–Kier alpha value is 0.500. The molecule has 0 heterocycles. The number of nitrogens with two attached hydrogens (primary N) is 2. The zero-order chi connectivity index (χ0) is 6.41. The highest BCUT2D eigenvalue weighted by molar-refractivity contribution is 5.85. The second-order valence-corrected chi connectivity index (χ2v) is 2.16. The van der Waals surface area contributed by atoms with E-state index in [9.17, 15) is 0 Å². The topological polar surface area (TPSA) is 52.0 Å². The summed E-state index contributed by atoms with van der Waals surface area (Å²) < 4.78 is 0. The molecule has 0 atom stereocenters. The van der Waals surface area contributed by atoms with Crippen molar-refractivity contribution in [2.75, 3.05) is 0 Å². The summed E-state index contributed by atoms with van der Waals surface area (Å²) in [5.41, 5.74) is 10.6. The van der Waals surface area contributed by atoms with E-state index in [0.29, 0.717) is 0 Å². The van der Waals surface area contributed by atoms with Crippen LogP contribution in [0.25, 0.3) is 0 Å². The highest BCUT2D eigenvalue weighted by atomic mass is 35.5. The molecule has 0 fully saturated rings. The lowest BCUT2D eigenvalue weighted by atomic mass is 10.2. The molecule has 0 saturated heterocycles. The molecule has 66 valence electrons. The number of rotatable bonds is 4. The van der Waals surface area contributed by atoms with Crippen molar-refractivity contribution in [3.05, 3.63) is 0 Å². The van der Waals surface area contributed by atoms with E-state index < -0.39 is 0 Å². The predicted octanol–water partition coefficient (Wildman–Crippen LogP) is 1.65. The lowest BCUT2D eigenvalue weighted by Crippen LogP contribution is -2.29. The standard InChI is InChI=1S/C6H16N2.2ClH/c1-2-3-4-5-6(7)8;;/h6H,2-5,7-8H2,1H3;2*1H. The van der Waals surface area contributed by atoms with Crippen LogP contribution in [-0.4, -0.2) is 6.17 Å². The molecule has 0 aliphatic rings. The Labute approximate surface area is 75.5 Å². The van der Waals surface area contributed by atoms with Gasteiger partial charge in [0, 0.05) is 0 Å². The third-order valence-electron chi connectivity index (χ3n) is 1.14. The van der Waals surface area contributed by atoms with Crippen molar-refractivity contribution >= 4 is 24.8 Å². The SMILES string of the molecule is CCCCCC(N)N.Cl.Cl. The van der Waals surface area contributed by atoms with Crippen molar-refractivity contribution in [1.29, 1.82) is 0 Å². The highest BCUT2D eigenvalue weighted by Crippen LogP contribution is 1.97. The zero-order valence-electron chi connectivity index (χ0n) is 6.38. The summed E-state index contributed by atoms with van der Waals surface area (Å²) in [4.78, 5) is 0. The molecule has 0 radical (unpaired) electrons. The largest absolute Gasteiger partial charge is 0.316 e. The minimum Gasteiger partial charge on any atom is -0.316 e. The van der Waals surface area contributed by atoms with Crippen molar-refractivity contribution in [3.63, 3.8) is 0 Å². The maximum atomic E-state index is 5.31. The molecule has 0 rings (SSSR count). The maximum Gasteiger partial charge on any atom is 0.0520 e. The minimum absolute atomic E-state index is 0. The van der Waals surface area contributed by atoms with Gasteiger partial charge in [-0.3, -0.25) is 0 Å². The summed E-state index contributed by atoms with van der Waals surface area (Å²) in [5, 5.41) is 0. The van der Waals surface area contributed by atoms with Crippen LogP contribution in [0.3, 0.4) is 0 Å². The molecular formula is C6H18Cl2N2. The summed E-state index contributed by atoms with van der Waals surface area (Å²) in [7, 11) is 0. The average molecular weight is 189 g/mol. The normalized spacial score (nSPS) is 8.40. The van der Waals surface area contributed by atoms with Crippen LogP contribution in [0.2, 0.25) is 0 Å². The summed E-state index contributed by atoms with van der Waals surface area (Å²) in [6, 6.07) is 0. The van der Waals surface area contributed by atoms with Gasteiger partial charge in [0.2, 0.25) is 0 Å². The average Bonchev–Trinajstić information content (AvgIpc) is 1.66. The Kier molecular flexibility index (Phi) is 20.6. The maximum absolute atomic E-state index is 5.31. The number of hydrogen-bond donors (Lipinski definition) is 2. The molecule has 0 unspecified atom stereocenters. The number of unbranched alkanes of at least 4 members (excludes halogenated alkanes) is 2. The van der Waals surface area contributed by atoms with E-state index in [0.717, 1.165) is 6.42 Å². The van der Waals surface area contributed by atoms with E-state index >= 15 is 0 Å². The molecule has 0 aliphatic carbocycles. The summed E-state index contributed by atoms with van der Waals surface area (Å²) in [6.45, 7) is 2.17. The molecule has 0 spiro atoms. The molecule has 2 nitrogen and oxygen atoms in total. The van der Waals surface area contributed by atoms with Crippen LogP contribution in [-0.2, 0) is 0 Å². The monoisotopic (exact) mass is 188 g/mol. The van der Waals surface area contributed by atoms with Gasteiger partial charge in [-0.05, 0) is 6.42 Å². The van der Waals surface area contributed by atoms with Gasteiger partial charge in [-0.2, -0.15) is 0 Å². The van der Waals surface area contributed by atoms with Gasteiger partial charge in [-0.25, -0.2) is 0 Å². The third-order valence-corrected chi connectivity index (χ3v) is 1.14. The lowest BCUT2D eigenvalue weighted by Gasteiger charge is -2.01. The van der Waals surface area contributed by atoms with Gasteiger partial charge in [0.1, 0.15) is 0 Å². The lowest BCUT2D eigenvalue weighted by molar-refractivity contribution is 0.575. The quantitative estimate of drug-likeness (QED) is 0.521. The summed E-state index contributed by atoms with van der Waals surface area (Å²) >= 11 is 0. The van der Waals surface area contributed by atoms with Gasteiger partial charge >= 0.3 is 0 Å². The van der Waals surface area contributed by atoms with Crippen LogP contribution in [0.1, 0.15) is 32.6 Å². The second kappa shape index (κ2) is 12.2. The van der Waals surface area contributed by atoms with E-state index in [1.807, 2.05) is 0 Å². The third kappa shape index (κ3) is 15.8. The molecule has 0 aromatic rings. The van der Waals surface area contributed by atoms with Crippen LogP contribution in [0, 0.1) is 0 Å². The first kappa shape index (κ1) is 16.8. The smallest absolute Gasteiger partial charge is 0.0520 e. The zero-order valence-corrected chi connectivity index (χ0v) is 8.01. The van der Waals surface area contributed by atoms with Gasteiger partial charge in [0.15, 0.2) is 0 Å². The molecule has 0 aliphatic heterocycles. The first-order valence-corrected chi connectivity index (χ1v) is 3.28. The van der Waals surface area contributed by atoms with Crippen molar-refractivity contribution in [2.24, 2.45) is 11.5 Å². The minimum atomic E-state index is -0.0958. The van der Waals surface area contributed by atoms with Crippen molar-refractivity contribution in [1.82, 2.24) is 0 Å². The molecule has 0 aromatic heterocycles. The van der Waals surface area contributed by atoms with E-state index in [1.54, 1.807) is 0 Å². The second-order valence-electron chi connectivity index (χ2n) is 2.16. The molecule has 0 bridgehead atoms. The van der Waals surface area contributed by atoms with Gasteiger partial charge < -0.3 is 11.5 Å². The van der Waals surface area contributed by atoms with E-state index in [-0.39, 0.29) is 31.0 Å². The summed E-state index contributed by atoms with van der Waals surface area (Å²) in [5.74, 6) is 0. The predicted molar refractivity (Wildman–Crippen MR) is 50.8 cm³/mol. The fraction of sp³-hybridized carbons (Fsp3) is 1.00. The van der Waals surface area contributed by atoms with Crippen LogP contribution in [0.4, 0.5) is 0 Å². The van der Waals surface area contributed by atoms with Crippen molar-refractivity contribution < 1.29 is 0 Å². The van der Waals surface area contributed by atoms with E-state index in [2.05, 4.69) is 6.92 Å². The van der Waals surface area contributed by atoms with Gasteiger partial charge in [-0.1, -0.05) is 26.2 Å². The van der Waals surface area contributed by atoms with Crippen LogP contribution >= 0.6 is 24.8 Å². The van der Waals surface area contributed by atoms with Crippen molar-refractivity contribution in [2.45, 2.75) is 38.8 Å². The molecule has 4 heteroatoms. The molecule has 10 heavy (non-hydrogen) atoms. The number of halogens is 2. The number of hydrogen-bond acceptors (Lipinski definition) is 2. The van der Waals surface area contributed by atoms with E-state index in [4.69, 9.17) is 11.5 Å². The molecule has 0 aromatic carbocycles. The van der Waals surface area contributed by atoms with E-state index in [1.165, 1.54) is 19.3 Å². The van der Waals surface area contributed by atoms with Gasteiger partial charge in [-0.15, -0.1) is 24.8 Å². The Balaban J connectivity index is -0.000000245. The molecule has 0 amide bonds. The molecule has 0 saturated carbocycles. The Morgan fingerprint density at radius 3 is 1.90 bits per heavy atom. The Morgan fingerprint density at radius 2 is 1.60 bits per heavy atom. The Morgan fingerprint density at radius 1 is 1.10 bits per heavy atom. The fourth-order valence-corrected chi connectivity index (χ4v) is 0.630. The highest BCUT2D eigenvalue weighted by Gasteiger charge is 1.90. The first-order chi connectivity index (χ1) is 3.77. The Bertz CT molecular complexity index is 51.0. The van der Waals surface area contributed by atoms with Gasteiger partial charge in [0.05, 0.1) is 6.17 Å². The summed E-state index contributed by atoms with van der Waals surface area (Å²) in [6.07, 6.45) is 4.54. The first-order valence-electron chi connectivity index (χ1n) is 3.28. The molecular weight excluding hydrogens is 171 g/mol. The fourth-order valence-electron chi connectivity index (χ4n) is 0.630. The molecule has 4 N–H and O–H groups in total. The van der Waals surface area contributed by atoms with Crippen LogP contribution < -0.4 is 11.5 Å².